The fourth-order valence-electron chi connectivity index (χ4n) is 6.86. The maximum atomic E-state index is 13.1. The van der Waals surface area contributed by atoms with Gasteiger partial charge in [-0.3, -0.25) is 4.79 Å². The van der Waals surface area contributed by atoms with Crippen molar-refractivity contribution in [1.82, 2.24) is 0 Å². The van der Waals surface area contributed by atoms with Gasteiger partial charge in [0, 0.05) is 23.2 Å². The Bertz CT molecular complexity index is 645. The van der Waals surface area contributed by atoms with Crippen LogP contribution in [0.4, 0.5) is 0 Å². The van der Waals surface area contributed by atoms with Gasteiger partial charge in [-0.1, -0.05) is 33.8 Å². The molecule has 2 bridgehead atoms. The SMILES string of the molecule is C=C[C@]1(C)CC(OC(=O)CO)[C@]2(C)CCC(C)[C@@]3(CCC(=O)[C@H]32)[C@@H](C)C1O. The van der Waals surface area contributed by atoms with Gasteiger partial charge in [-0.15, -0.1) is 6.58 Å². The molecule has 3 fully saturated rings. The van der Waals surface area contributed by atoms with Gasteiger partial charge in [0.1, 0.15) is 18.5 Å². The molecule has 152 valence electrons. The van der Waals surface area contributed by atoms with Crippen LogP contribution in [0.5, 0.6) is 0 Å². The molecule has 3 aliphatic rings. The van der Waals surface area contributed by atoms with E-state index in [2.05, 4.69) is 27.4 Å². The first kappa shape index (κ1) is 20.5. The molecular formula is C22H34O5. The number of carbonyl (C=O) groups excluding carboxylic acids is 2. The van der Waals surface area contributed by atoms with Gasteiger partial charge < -0.3 is 14.9 Å². The highest BCUT2D eigenvalue weighted by Crippen LogP contribution is 2.68. The third kappa shape index (κ3) is 2.72. The van der Waals surface area contributed by atoms with E-state index < -0.39 is 35.6 Å². The standard InChI is InChI=1S/C22H34O5/c1-6-20(4)11-16(27-17(25)12-23)21(5)9-7-13(2)22(14(3)19(20)26)10-8-15(24)18(21)22/h6,13-14,16,18-19,23,26H,1,7-12H2,2-5H3/t13?,14-,16?,18-,19?,20+,21-,22-/m0/s1. The summed E-state index contributed by atoms with van der Waals surface area (Å²) in [5, 5.41) is 20.6. The summed E-state index contributed by atoms with van der Waals surface area (Å²) in [7, 11) is 0. The van der Waals surface area contributed by atoms with E-state index in [0.29, 0.717) is 18.8 Å². The zero-order valence-corrected chi connectivity index (χ0v) is 17.0. The highest BCUT2D eigenvalue weighted by molar-refractivity contribution is 5.85. The number of hydrogen-bond donors (Lipinski definition) is 2. The van der Waals surface area contributed by atoms with Gasteiger partial charge in [0.25, 0.3) is 0 Å². The van der Waals surface area contributed by atoms with Crippen molar-refractivity contribution in [3.8, 4) is 0 Å². The van der Waals surface area contributed by atoms with Crippen molar-refractivity contribution in [3.05, 3.63) is 12.7 Å². The van der Waals surface area contributed by atoms with Crippen LogP contribution < -0.4 is 0 Å². The van der Waals surface area contributed by atoms with Gasteiger partial charge in [0.2, 0.25) is 0 Å². The van der Waals surface area contributed by atoms with Crippen LogP contribution in [0.1, 0.15) is 59.8 Å². The lowest BCUT2D eigenvalue weighted by molar-refractivity contribution is -0.206. The van der Waals surface area contributed by atoms with E-state index in [1.165, 1.54) is 0 Å². The van der Waals surface area contributed by atoms with E-state index in [9.17, 15) is 19.8 Å². The number of ketones is 1. The minimum Gasteiger partial charge on any atom is -0.460 e. The van der Waals surface area contributed by atoms with Gasteiger partial charge in [0.05, 0.1) is 6.10 Å². The molecule has 2 N–H and O–H groups in total. The Hall–Kier alpha value is -1.20. The molecule has 3 saturated carbocycles. The van der Waals surface area contributed by atoms with Gasteiger partial charge in [0.15, 0.2) is 0 Å². The highest BCUT2D eigenvalue weighted by Gasteiger charge is 2.68. The Morgan fingerprint density at radius 3 is 2.59 bits per heavy atom. The van der Waals surface area contributed by atoms with Crippen LogP contribution in [0, 0.1) is 34.0 Å². The second-order valence-electron chi connectivity index (χ2n) is 9.74. The molecule has 0 aromatic heterocycles. The molecule has 0 aromatic carbocycles. The summed E-state index contributed by atoms with van der Waals surface area (Å²) in [5.74, 6) is -0.417. The van der Waals surface area contributed by atoms with Crippen molar-refractivity contribution >= 4 is 11.8 Å². The number of aliphatic hydroxyl groups excluding tert-OH is 2. The van der Waals surface area contributed by atoms with E-state index in [1.54, 1.807) is 6.08 Å². The molecule has 3 aliphatic carbocycles. The van der Waals surface area contributed by atoms with E-state index in [-0.39, 0.29) is 23.0 Å². The number of esters is 1. The first-order valence-corrected chi connectivity index (χ1v) is 10.2. The van der Waals surface area contributed by atoms with Crippen LogP contribution in [0.2, 0.25) is 0 Å². The van der Waals surface area contributed by atoms with Crippen LogP contribution in [0.3, 0.4) is 0 Å². The predicted octanol–water partition coefficient (Wildman–Crippen LogP) is 2.89. The molecule has 27 heavy (non-hydrogen) atoms. The lowest BCUT2D eigenvalue weighted by atomic mass is 9.43. The van der Waals surface area contributed by atoms with E-state index >= 15 is 0 Å². The maximum Gasteiger partial charge on any atom is 0.332 e. The number of aliphatic hydroxyl groups is 2. The zero-order valence-electron chi connectivity index (χ0n) is 17.0. The van der Waals surface area contributed by atoms with Crippen molar-refractivity contribution in [3.63, 3.8) is 0 Å². The minimum absolute atomic E-state index is 0.0546. The van der Waals surface area contributed by atoms with Crippen molar-refractivity contribution in [2.75, 3.05) is 6.61 Å². The molecule has 3 unspecified atom stereocenters. The summed E-state index contributed by atoms with van der Waals surface area (Å²) in [6.07, 6.45) is 3.99. The summed E-state index contributed by atoms with van der Waals surface area (Å²) in [4.78, 5) is 25.1. The first-order chi connectivity index (χ1) is 12.6. The topological polar surface area (TPSA) is 83.8 Å². The molecule has 0 radical (unpaired) electrons. The molecule has 0 heterocycles. The lowest BCUT2D eigenvalue weighted by Gasteiger charge is -2.62. The third-order valence-electron chi connectivity index (χ3n) is 8.58. The minimum atomic E-state index is -0.684. The van der Waals surface area contributed by atoms with Crippen LogP contribution in [0.15, 0.2) is 12.7 Å². The van der Waals surface area contributed by atoms with Gasteiger partial charge in [-0.25, -0.2) is 4.79 Å². The quantitative estimate of drug-likeness (QED) is 0.583. The number of ether oxygens (including phenoxy) is 1. The Morgan fingerprint density at radius 1 is 1.33 bits per heavy atom. The maximum absolute atomic E-state index is 13.1. The fourth-order valence-corrected chi connectivity index (χ4v) is 6.86. The first-order valence-electron chi connectivity index (χ1n) is 10.2. The molecule has 0 spiro atoms. The fraction of sp³-hybridized carbons (Fsp3) is 0.818. The Labute approximate surface area is 162 Å². The molecule has 5 nitrogen and oxygen atoms in total. The predicted molar refractivity (Wildman–Crippen MR) is 102 cm³/mol. The third-order valence-corrected chi connectivity index (χ3v) is 8.58. The molecule has 3 rings (SSSR count). The summed E-state index contributed by atoms with van der Waals surface area (Å²) in [6, 6.07) is 0. The molecule has 0 aliphatic heterocycles. The normalized spacial score (nSPS) is 49.7. The summed E-state index contributed by atoms with van der Waals surface area (Å²) >= 11 is 0. The second-order valence-corrected chi connectivity index (χ2v) is 9.74. The lowest BCUT2D eigenvalue weighted by Crippen LogP contribution is -2.63. The largest absolute Gasteiger partial charge is 0.460 e. The number of hydrogen-bond acceptors (Lipinski definition) is 5. The Morgan fingerprint density at radius 2 is 2.00 bits per heavy atom. The molecule has 8 atom stereocenters. The van der Waals surface area contributed by atoms with Gasteiger partial charge in [-0.05, 0) is 42.9 Å². The van der Waals surface area contributed by atoms with Crippen LogP contribution in [0.25, 0.3) is 0 Å². The smallest absolute Gasteiger partial charge is 0.332 e. The molecule has 0 amide bonds. The average molecular weight is 379 g/mol. The summed E-state index contributed by atoms with van der Waals surface area (Å²) < 4.78 is 5.73. The average Bonchev–Trinajstić information content (AvgIpc) is 3.02. The van der Waals surface area contributed by atoms with Gasteiger partial charge in [-0.2, -0.15) is 0 Å². The van der Waals surface area contributed by atoms with E-state index in [4.69, 9.17) is 4.74 Å². The number of rotatable bonds is 3. The monoisotopic (exact) mass is 378 g/mol. The number of Topliss-reactive ketones (excluding diaryl/α,β-unsaturated/α-hetero) is 1. The highest BCUT2D eigenvalue weighted by atomic mass is 16.6. The molecule has 5 heteroatoms. The zero-order chi connectivity index (χ0) is 20.2. The number of carbonyl (C=O) groups is 2. The van der Waals surface area contributed by atoms with Crippen LogP contribution in [-0.2, 0) is 14.3 Å². The van der Waals surface area contributed by atoms with Crippen molar-refractivity contribution in [1.29, 1.82) is 0 Å². The van der Waals surface area contributed by atoms with Gasteiger partial charge >= 0.3 is 5.97 Å². The van der Waals surface area contributed by atoms with Crippen LogP contribution >= 0.6 is 0 Å². The molecule has 0 saturated heterocycles. The van der Waals surface area contributed by atoms with E-state index in [1.807, 2.05) is 6.92 Å². The van der Waals surface area contributed by atoms with Crippen molar-refractivity contribution in [2.45, 2.75) is 72.0 Å². The Balaban J connectivity index is 2.20. The second kappa shape index (κ2) is 6.70. The Kier molecular flexibility index (Phi) is 5.09. The van der Waals surface area contributed by atoms with Crippen LogP contribution in [-0.4, -0.2) is 40.8 Å². The van der Waals surface area contributed by atoms with Crippen molar-refractivity contribution < 1.29 is 24.5 Å². The van der Waals surface area contributed by atoms with E-state index in [0.717, 1.165) is 19.3 Å². The summed E-state index contributed by atoms with van der Waals surface area (Å²) in [5.41, 5.74) is -1.43. The van der Waals surface area contributed by atoms with Crippen molar-refractivity contribution in [2.24, 2.45) is 34.0 Å². The molecular weight excluding hydrogens is 344 g/mol. The summed E-state index contributed by atoms with van der Waals surface area (Å²) in [6.45, 7) is 11.6. The molecule has 0 aromatic rings.